The minimum Gasteiger partial charge on any atom is -0.361 e. The molecule has 1 N–H and O–H groups in total. The number of para-hydroxylation sites is 1. The summed E-state index contributed by atoms with van der Waals surface area (Å²) in [4.78, 5) is 18.7. The van der Waals surface area contributed by atoms with Crippen LogP contribution in [-0.2, 0) is 4.79 Å². The third kappa shape index (κ3) is 11.0. The largest absolute Gasteiger partial charge is 0.361 e. The van der Waals surface area contributed by atoms with Gasteiger partial charge in [0, 0.05) is 29.2 Å². The van der Waals surface area contributed by atoms with Crippen LogP contribution in [0.25, 0.3) is 17.0 Å². The van der Waals surface area contributed by atoms with E-state index in [0.29, 0.717) is 11.8 Å². The molecule has 0 spiro atoms. The lowest BCUT2D eigenvalue weighted by atomic mass is 9.83. The van der Waals surface area contributed by atoms with E-state index < -0.39 is 11.6 Å². The number of allylic oxidation sites excluding steroid dienone is 1. The average Bonchev–Trinajstić information content (AvgIpc) is 3.42. The molecular formula is C37H53F2N3O. The lowest BCUT2D eigenvalue weighted by Crippen LogP contribution is -2.47. The fraction of sp³-hybridized carbons (Fsp3) is 0.541. The highest BCUT2D eigenvalue weighted by Gasteiger charge is 2.32. The van der Waals surface area contributed by atoms with Crippen molar-refractivity contribution in [3.63, 3.8) is 0 Å². The van der Waals surface area contributed by atoms with Crippen LogP contribution in [-0.4, -0.2) is 60.3 Å². The lowest BCUT2D eigenvalue weighted by molar-refractivity contribution is -0.104. The van der Waals surface area contributed by atoms with Crippen molar-refractivity contribution in [1.29, 1.82) is 0 Å². The fourth-order valence-corrected chi connectivity index (χ4v) is 6.68. The number of hydrogen-bond donors (Lipinski definition) is 1. The van der Waals surface area contributed by atoms with Crippen LogP contribution in [0.3, 0.4) is 0 Å². The third-order valence-corrected chi connectivity index (χ3v) is 8.90. The molecular weight excluding hydrogens is 540 g/mol. The third-order valence-electron chi connectivity index (χ3n) is 8.90. The summed E-state index contributed by atoms with van der Waals surface area (Å²) in [5.74, 6) is 1.23. The Labute approximate surface area is 258 Å². The number of aromatic nitrogens is 1. The van der Waals surface area contributed by atoms with Crippen molar-refractivity contribution in [3.8, 4) is 0 Å². The van der Waals surface area contributed by atoms with Crippen LogP contribution in [0.1, 0.15) is 89.7 Å². The first-order chi connectivity index (χ1) is 20.7. The number of fused-ring (bicyclic) bond motifs is 1. The molecule has 0 saturated carbocycles. The molecule has 0 radical (unpaired) electrons. The number of aldehydes is 1. The monoisotopic (exact) mass is 593 g/mol. The number of aromatic amines is 1. The first-order valence-electron chi connectivity index (χ1n) is 16.3. The van der Waals surface area contributed by atoms with Gasteiger partial charge in [-0.2, -0.15) is 0 Å². The number of H-pyrrole nitrogens is 1. The zero-order valence-electron chi connectivity index (χ0n) is 27.0. The predicted molar refractivity (Wildman–Crippen MR) is 177 cm³/mol. The summed E-state index contributed by atoms with van der Waals surface area (Å²) in [5.41, 5.74) is 3.17. The summed E-state index contributed by atoms with van der Waals surface area (Å²) in [5, 5.41) is 1.43. The minimum atomic E-state index is -0.652. The van der Waals surface area contributed by atoms with E-state index in [4.69, 9.17) is 0 Å². The van der Waals surface area contributed by atoms with Crippen molar-refractivity contribution in [3.05, 3.63) is 77.5 Å². The van der Waals surface area contributed by atoms with Crippen LogP contribution in [0.4, 0.5) is 8.78 Å². The fourth-order valence-electron chi connectivity index (χ4n) is 6.68. The molecule has 0 bridgehead atoms. The Bertz CT molecular complexity index is 1230. The molecule has 2 fully saturated rings. The Morgan fingerprint density at radius 3 is 2.16 bits per heavy atom. The molecule has 0 amide bonds. The quantitative estimate of drug-likeness (QED) is 0.209. The standard InChI is InChI=1S/C22H33N3.C9H6F2O.C6H14/c1-3-22(18-8-12-24(2)13-9-18)25-14-10-17(11-15-25)20-16-23-21-7-5-4-6-19(20)21;10-8-4-7(2-1-3-12)5-9(11)6-8;1-4-5-6(2)3/h4-7,16-18,22-23H,3,8-15H2,1-2H3;1-6H;6H,4-5H2,1-3H3/b;2-1+;. The second kappa shape index (κ2) is 18.1. The molecule has 4 nitrogen and oxygen atoms in total. The zero-order chi connectivity index (χ0) is 31.2. The average molecular weight is 594 g/mol. The number of rotatable bonds is 8. The summed E-state index contributed by atoms with van der Waals surface area (Å²) in [7, 11) is 2.27. The van der Waals surface area contributed by atoms with Crippen molar-refractivity contribution >= 4 is 23.3 Å². The summed E-state index contributed by atoms with van der Waals surface area (Å²) in [6, 6.07) is 12.6. The van der Waals surface area contributed by atoms with Gasteiger partial charge in [-0.25, -0.2) is 8.78 Å². The van der Waals surface area contributed by atoms with Crippen molar-refractivity contribution in [2.24, 2.45) is 11.8 Å². The highest BCUT2D eigenvalue weighted by molar-refractivity contribution is 5.83. The smallest absolute Gasteiger partial charge is 0.142 e. The highest BCUT2D eigenvalue weighted by Crippen LogP contribution is 2.35. The van der Waals surface area contributed by atoms with Gasteiger partial charge in [0.2, 0.25) is 0 Å². The summed E-state index contributed by atoms with van der Waals surface area (Å²) < 4.78 is 25.0. The first kappa shape index (κ1) is 34.7. The number of carbonyl (C=O) groups is 1. The van der Waals surface area contributed by atoms with E-state index in [1.54, 1.807) is 5.56 Å². The Balaban J connectivity index is 0.000000234. The summed E-state index contributed by atoms with van der Waals surface area (Å²) in [6.45, 7) is 14.2. The molecule has 0 aliphatic carbocycles. The van der Waals surface area contributed by atoms with Crippen molar-refractivity contribution in [2.75, 3.05) is 33.2 Å². The van der Waals surface area contributed by atoms with E-state index in [1.807, 2.05) is 0 Å². The number of nitrogens with one attached hydrogen (secondary N) is 1. The van der Waals surface area contributed by atoms with E-state index in [1.165, 1.54) is 94.2 Å². The van der Waals surface area contributed by atoms with Gasteiger partial charge in [0.1, 0.15) is 17.9 Å². The molecule has 1 atom stereocenters. The molecule has 2 saturated heterocycles. The maximum absolute atomic E-state index is 12.5. The van der Waals surface area contributed by atoms with Crippen LogP contribution in [0.2, 0.25) is 0 Å². The van der Waals surface area contributed by atoms with Gasteiger partial charge in [0.25, 0.3) is 0 Å². The number of nitrogens with zero attached hydrogens (tertiary/aromatic N) is 2. The van der Waals surface area contributed by atoms with Crippen LogP contribution >= 0.6 is 0 Å². The van der Waals surface area contributed by atoms with E-state index in [-0.39, 0.29) is 0 Å². The van der Waals surface area contributed by atoms with Crippen molar-refractivity contribution in [1.82, 2.24) is 14.8 Å². The number of piperidine rings is 2. The Morgan fingerprint density at radius 2 is 1.60 bits per heavy atom. The van der Waals surface area contributed by atoms with Gasteiger partial charge < -0.3 is 14.8 Å². The Morgan fingerprint density at radius 1 is 0.953 bits per heavy atom. The van der Waals surface area contributed by atoms with E-state index in [9.17, 15) is 13.6 Å². The van der Waals surface area contributed by atoms with Crippen LogP contribution < -0.4 is 0 Å². The van der Waals surface area contributed by atoms with Gasteiger partial charge in [-0.15, -0.1) is 0 Å². The van der Waals surface area contributed by atoms with Crippen LogP contribution in [0.5, 0.6) is 0 Å². The molecule has 43 heavy (non-hydrogen) atoms. The zero-order valence-corrected chi connectivity index (χ0v) is 27.0. The molecule has 3 aromatic rings. The molecule has 1 unspecified atom stereocenters. The number of benzene rings is 2. The van der Waals surface area contributed by atoms with Crippen LogP contribution in [0, 0.1) is 23.5 Å². The second-order valence-corrected chi connectivity index (χ2v) is 12.6. The summed E-state index contributed by atoms with van der Waals surface area (Å²) >= 11 is 0. The number of likely N-dealkylation sites (tertiary alicyclic amines) is 2. The van der Waals surface area contributed by atoms with Gasteiger partial charge in [-0.3, -0.25) is 4.79 Å². The van der Waals surface area contributed by atoms with Gasteiger partial charge >= 0.3 is 0 Å². The number of carbonyl (C=O) groups excluding carboxylic acids is 1. The molecule has 1 aromatic heterocycles. The number of hydrogen-bond acceptors (Lipinski definition) is 3. The van der Waals surface area contributed by atoms with Crippen molar-refractivity contribution < 1.29 is 13.6 Å². The van der Waals surface area contributed by atoms with Crippen molar-refractivity contribution in [2.45, 2.75) is 84.6 Å². The van der Waals surface area contributed by atoms with E-state index in [2.05, 4.69) is 80.0 Å². The molecule has 3 heterocycles. The first-order valence-corrected chi connectivity index (χ1v) is 16.3. The molecule has 2 aliphatic rings. The normalized spacial score (nSPS) is 17.9. The minimum absolute atomic E-state index is 0.333. The van der Waals surface area contributed by atoms with Crippen LogP contribution in [0.15, 0.2) is 54.7 Å². The predicted octanol–water partition coefficient (Wildman–Crippen LogP) is 9.09. The molecule has 5 rings (SSSR count). The SMILES string of the molecule is CCC(C1CCN(C)CC1)N1CCC(c2c[nH]c3ccccc23)CC1.CCCC(C)C.O=C/C=C/c1cc(F)cc(F)c1. The second-order valence-electron chi connectivity index (χ2n) is 12.6. The van der Waals surface area contributed by atoms with Gasteiger partial charge in [0.15, 0.2) is 0 Å². The van der Waals surface area contributed by atoms with E-state index >= 15 is 0 Å². The molecule has 236 valence electrons. The lowest BCUT2D eigenvalue weighted by Gasteiger charge is -2.43. The Kier molecular flexibility index (Phi) is 14.6. The maximum atomic E-state index is 12.5. The van der Waals surface area contributed by atoms with E-state index in [0.717, 1.165) is 42.0 Å². The molecule has 2 aliphatic heterocycles. The topological polar surface area (TPSA) is 39.3 Å². The van der Waals surface area contributed by atoms with Gasteiger partial charge in [0.05, 0.1) is 0 Å². The summed E-state index contributed by atoms with van der Waals surface area (Å²) in [6.07, 6.45) is 14.7. The Hall–Kier alpha value is -2.83. The van der Waals surface area contributed by atoms with Gasteiger partial charge in [-0.05, 0) is 118 Å². The maximum Gasteiger partial charge on any atom is 0.142 e. The van der Waals surface area contributed by atoms with Gasteiger partial charge in [-0.1, -0.05) is 64.8 Å². The molecule has 2 aromatic carbocycles. The number of halogens is 2. The molecule has 6 heteroatoms. The highest BCUT2D eigenvalue weighted by atomic mass is 19.1.